The van der Waals surface area contributed by atoms with E-state index in [1.807, 2.05) is 18.2 Å². The molecular formula is C15H13F2N5OS. The highest BCUT2D eigenvalue weighted by molar-refractivity contribution is 7.98. The van der Waals surface area contributed by atoms with E-state index >= 15 is 0 Å². The highest BCUT2D eigenvalue weighted by Gasteiger charge is 2.13. The fourth-order valence-electron chi connectivity index (χ4n) is 1.98. The van der Waals surface area contributed by atoms with Crippen LogP contribution in [0.1, 0.15) is 5.69 Å². The molecule has 1 aromatic carbocycles. The SMILES string of the molecule is Nn1c(SCc2ccccn2)nnc1-c1ccc(OC(F)F)cc1. The van der Waals surface area contributed by atoms with Gasteiger partial charge in [0.05, 0.1) is 5.69 Å². The molecule has 3 rings (SSSR count). The van der Waals surface area contributed by atoms with Gasteiger partial charge in [-0.2, -0.15) is 8.78 Å². The lowest BCUT2D eigenvalue weighted by atomic mass is 10.2. The molecule has 2 N–H and O–H groups in total. The van der Waals surface area contributed by atoms with Crippen molar-refractivity contribution >= 4 is 11.8 Å². The zero-order valence-electron chi connectivity index (χ0n) is 12.3. The average molecular weight is 349 g/mol. The van der Waals surface area contributed by atoms with Crippen molar-refractivity contribution in [3.05, 3.63) is 54.4 Å². The maximum absolute atomic E-state index is 12.2. The van der Waals surface area contributed by atoms with Crippen molar-refractivity contribution in [1.29, 1.82) is 0 Å². The first-order valence-corrected chi connectivity index (χ1v) is 7.90. The molecule has 6 nitrogen and oxygen atoms in total. The smallest absolute Gasteiger partial charge is 0.387 e. The predicted octanol–water partition coefficient (Wildman–Crippen LogP) is 2.95. The lowest BCUT2D eigenvalue weighted by Crippen LogP contribution is -2.11. The molecular weight excluding hydrogens is 336 g/mol. The predicted molar refractivity (Wildman–Crippen MR) is 86.0 cm³/mol. The van der Waals surface area contributed by atoms with Crippen LogP contribution in [0.3, 0.4) is 0 Å². The van der Waals surface area contributed by atoms with Crippen LogP contribution in [-0.4, -0.2) is 26.5 Å². The minimum absolute atomic E-state index is 0.0709. The molecule has 24 heavy (non-hydrogen) atoms. The number of rotatable bonds is 6. The van der Waals surface area contributed by atoms with Gasteiger partial charge in [0.2, 0.25) is 5.16 Å². The van der Waals surface area contributed by atoms with E-state index in [1.165, 1.54) is 28.6 Å². The summed E-state index contributed by atoms with van der Waals surface area (Å²) in [5.74, 6) is 7.13. The topological polar surface area (TPSA) is 78.9 Å². The summed E-state index contributed by atoms with van der Waals surface area (Å²) in [6.07, 6.45) is 1.72. The van der Waals surface area contributed by atoms with Crippen molar-refractivity contribution in [3.63, 3.8) is 0 Å². The molecule has 0 spiro atoms. The van der Waals surface area contributed by atoms with Gasteiger partial charge in [0, 0.05) is 17.5 Å². The standard InChI is InChI=1S/C15H13F2N5OS/c16-14(17)23-12-6-4-10(5-7-12)13-20-21-15(22(13)18)24-9-11-3-1-2-8-19-11/h1-8,14H,9,18H2. The summed E-state index contributed by atoms with van der Waals surface area (Å²) < 4.78 is 30.0. The van der Waals surface area contributed by atoms with Crippen molar-refractivity contribution in [2.24, 2.45) is 0 Å². The number of nitrogens with zero attached hydrogens (tertiary/aromatic N) is 4. The third-order valence-electron chi connectivity index (χ3n) is 3.08. The Morgan fingerprint density at radius 1 is 1.12 bits per heavy atom. The lowest BCUT2D eigenvalue weighted by Gasteiger charge is -2.06. The Hall–Kier alpha value is -2.68. The van der Waals surface area contributed by atoms with Crippen molar-refractivity contribution in [2.45, 2.75) is 17.5 Å². The van der Waals surface area contributed by atoms with E-state index < -0.39 is 6.61 Å². The highest BCUT2D eigenvalue weighted by atomic mass is 32.2. The molecule has 0 aliphatic rings. The summed E-state index contributed by atoms with van der Waals surface area (Å²) in [7, 11) is 0. The van der Waals surface area contributed by atoms with Gasteiger partial charge in [0.25, 0.3) is 0 Å². The van der Waals surface area contributed by atoms with Gasteiger partial charge in [-0.3, -0.25) is 4.98 Å². The normalized spacial score (nSPS) is 11.0. The van der Waals surface area contributed by atoms with Crippen molar-refractivity contribution < 1.29 is 13.5 Å². The number of nitrogens with two attached hydrogens (primary N) is 1. The molecule has 124 valence electrons. The Morgan fingerprint density at radius 2 is 1.92 bits per heavy atom. The first-order valence-electron chi connectivity index (χ1n) is 6.92. The van der Waals surface area contributed by atoms with Crippen molar-refractivity contribution in [2.75, 3.05) is 5.84 Å². The Bertz CT molecular complexity index is 795. The van der Waals surface area contributed by atoms with E-state index in [0.717, 1.165) is 5.69 Å². The summed E-state index contributed by atoms with van der Waals surface area (Å²) >= 11 is 1.41. The molecule has 3 aromatic rings. The van der Waals surface area contributed by atoms with Gasteiger partial charge >= 0.3 is 6.61 Å². The van der Waals surface area contributed by atoms with Gasteiger partial charge < -0.3 is 10.6 Å². The first-order chi connectivity index (χ1) is 11.6. The number of benzene rings is 1. The summed E-state index contributed by atoms with van der Waals surface area (Å²) in [5, 5.41) is 8.63. The minimum Gasteiger partial charge on any atom is -0.435 e. The van der Waals surface area contributed by atoms with E-state index in [9.17, 15) is 8.78 Å². The zero-order chi connectivity index (χ0) is 16.9. The van der Waals surface area contributed by atoms with Gasteiger partial charge in [-0.15, -0.1) is 10.2 Å². The van der Waals surface area contributed by atoms with E-state index in [0.29, 0.717) is 22.3 Å². The van der Waals surface area contributed by atoms with E-state index in [-0.39, 0.29) is 5.75 Å². The largest absolute Gasteiger partial charge is 0.435 e. The van der Waals surface area contributed by atoms with Crippen LogP contribution in [0.4, 0.5) is 8.78 Å². The van der Waals surface area contributed by atoms with Crippen LogP contribution in [0.25, 0.3) is 11.4 Å². The summed E-state index contributed by atoms with van der Waals surface area (Å²) in [6, 6.07) is 11.7. The number of hydrogen-bond acceptors (Lipinski definition) is 6. The molecule has 2 heterocycles. The molecule has 0 atom stereocenters. The molecule has 9 heteroatoms. The van der Waals surface area contributed by atoms with Crippen LogP contribution in [-0.2, 0) is 5.75 Å². The number of ether oxygens (including phenoxy) is 1. The van der Waals surface area contributed by atoms with Gasteiger partial charge in [0.15, 0.2) is 5.82 Å². The molecule has 0 saturated carbocycles. The number of halogens is 2. The monoisotopic (exact) mass is 349 g/mol. The van der Waals surface area contributed by atoms with Crippen molar-refractivity contribution in [1.82, 2.24) is 19.9 Å². The second-order valence-electron chi connectivity index (χ2n) is 4.69. The van der Waals surface area contributed by atoms with Gasteiger partial charge in [-0.05, 0) is 36.4 Å². The third-order valence-corrected chi connectivity index (χ3v) is 4.05. The van der Waals surface area contributed by atoms with Gasteiger partial charge in [-0.25, -0.2) is 4.68 Å². The van der Waals surface area contributed by atoms with Crippen LogP contribution >= 0.6 is 11.8 Å². The zero-order valence-corrected chi connectivity index (χ0v) is 13.2. The van der Waals surface area contributed by atoms with Crippen LogP contribution in [0.15, 0.2) is 53.8 Å². The average Bonchev–Trinajstić information content (AvgIpc) is 2.95. The van der Waals surface area contributed by atoms with E-state index in [1.54, 1.807) is 18.3 Å². The maximum atomic E-state index is 12.2. The maximum Gasteiger partial charge on any atom is 0.387 e. The second kappa shape index (κ2) is 7.26. The minimum atomic E-state index is -2.86. The molecule has 0 aliphatic heterocycles. The Morgan fingerprint density at radius 3 is 2.58 bits per heavy atom. The Balaban J connectivity index is 1.72. The van der Waals surface area contributed by atoms with E-state index in [2.05, 4.69) is 19.9 Å². The molecule has 2 aromatic heterocycles. The Kier molecular flexibility index (Phi) is 4.90. The molecule has 0 unspecified atom stereocenters. The van der Waals surface area contributed by atoms with Crippen LogP contribution in [0.2, 0.25) is 0 Å². The number of alkyl halides is 2. The van der Waals surface area contributed by atoms with Gasteiger partial charge in [-0.1, -0.05) is 17.8 Å². The van der Waals surface area contributed by atoms with Crippen LogP contribution in [0.5, 0.6) is 5.75 Å². The fraction of sp³-hybridized carbons (Fsp3) is 0.133. The van der Waals surface area contributed by atoms with E-state index in [4.69, 9.17) is 5.84 Å². The number of hydrogen-bond donors (Lipinski definition) is 1. The first kappa shape index (κ1) is 16.2. The molecule has 0 saturated heterocycles. The molecule has 0 aliphatic carbocycles. The highest BCUT2D eigenvalue weighted by Crippen LogP contribution is 2.25. The molecule has 0 radical (unpaired) electrons. The number of aromatic nitrogens is 4. The molecule has 0 fully saturated rings. The summed E-state index contributed by atoms with van der Waals surface area (Å²) in [6.45, 7) is -2.86. The Labute approximate surface area is 140 Å². The molecule has 0 amide bonds. The van der Waals surface area contributed by atoms with Crippen molar-refractivity contribution in [3.8, 4) is 17.1 Å². The molecule has 0 bridgehead atoms. The lowest BCUT2D eigenvalue weighted by molar-refractivity contribution is -0.0498. The summed E-state index contributed by atoms with van der Waals surface area (Å²) in [4.78, 5) is 4.23. The fourth-order valence-corrected chi connectivity index (χ4v) is 2.75. The quantitative estimate of drug-likeness (QED) is 0.544. The van der Waals surface area contributed by atoms with Crippen LogP contribution in [0, 0.1) is 0 Å². The summed E-state index contributed by atoms with van der Waals surface area (Å²) in [5.41, 5.74) is 1.55. The second-order valence-corrected chi connectivity index (χ2v) is 5.63. The third kappa shape index (κ3) is 3.80. The number of pyridine rings is 1. The van der Waals surface area contributed by atoms with Crippen LogP contribution < -0.4 is 10.6 Å². The van der Waals surface area contributed by atoms with Gasteiger partial charge in [0.1, 0.15) is 5.75 Å². The number of thioether (sulfide) groups is 1. The number of nitrogen functional groups attached to an aromatic ring is 1.